The summed E-state index contributed by atoms with van der Waals surface area (Å²) >= 11 is 1.64. The van der Waals surface area contributed by atoms with Crippen LogP contribution in [-0.4, -0.2) is 84.2 Å². The van der Waals surface area contributed by atoms with Gasteiger partial charge in [-0.05, 0) is 17.9 Å². The number of nitrogens with one attached hydrogen (secondary N) is 2. The van der Waals surface area contributed by atoms with E-state index in [-0.39, 0.29) is 11.7 Å². The molecule has 0 spiro atoms. The molecule has 3 aromatic rings. The molecule has 1 unspecified atom stereocenters. The number of nitrogens with zero attached hydrogens (tertiary/aromatic N) is 7. The van der Waals surface area contributed by atoms with Gasteiger partial charge in [0.15, 0.2) is 17.5 Å². The maximum absolute atomic E-state index is 11.5. The number of rotatable bonds is 6. The Labute approximate surface area is 206 Å². The molecule has 0 aromatic carbocycles. The Morgan fingerprint density at radius 3 is 2.63 bits per heavy atom. The molecule has 13 heteroatoms. The molecule has 1 amide bonds. The van der Waals surface area contributed by atoms with Crippen molar-refractivity contribution in [3.63, 3.8) is 0 Å². The molecule has 12 nitrogen and oxygen atoms in total. The summed E-state index contributed by atoms with van der Waals surface area (Å²) in [6, 6.07) is 0. The Morgan fingerprint density at radius 1 is 1.26 bits per heavy atom. The van der Waals surface area contributed by atoms with Gasteiger partial charge in [-0.3, -0.25) is 10.0 Å². The van der Waals surface area contributed by atoms with Gasteiger partial charge in [-0.1, -0.05) is 0 Å². The smallest absolute Gasteiger partial charge is 0.277 e. The topological polar surface area (TPSA) is 132 Å². The summed E-state index contributed by atoms with van der Waals surface area (Å²) in [6.07, 6.45) is 2.65. The Kier molecular flexibility index (Phi) is 6.36. The highest BCUT2D eigenvalue weighted by molar-refractivity contribution is 7.08. The van der Waals surface area contributed by atoms with E-state index in [9.17, 15) is 4.79 Å². The van der Waals surface area contributed by atoms with Crippen molar-refractivity contribution in [3.8, 4) is 11.4 Å². The van der Waals surface area contributed by atoms with Gasteiger partial charge in [-0.2, -0.15) is 11.3 Å². The SMILES string of the molecule is Cc1cscc1-c1nc(N2CCOCC2)c2c(n1)N(C)C(CN(C)c1ncc(C(=O)NO)cn1)N2. The zero-order valence-electron chi connectivity index (χ0n) is 19.7. The van der Waals surface area contributed by atoms with Gasteiger partial charge in [0, 0.05) is 50.5 Å². The van der Waals surface area contributed by atoms with Gasteiger partial charge in [0.05, 0.1) is 25.3 Å². The maximum Gasteiger partial charge on any atom is 0.277 e. The molecule has 0 aliphatic carbocycles. The Balaban J connectivity index is 1.42. The first-order chi connectivity index (χ1) is 17.0. The number of ether oxygens (including phenoxy) is 1. The lowest BCUT2D eigenvalue weighted by atomic mass is 10.2. The molecule has 3 aromatic heterocycles. The van der Waals surface area contributed by atoms with Crippen molar-refractivity contribution in [2.45, 2.75) is 13.1 Å². The number of likely N-dealkylation sites (N-methyl/N-ethyl adjacent to an activating group) is 2. The molecule has 0 saturated carbocycles. The van der Waals surface area contributed by atoms with E-state index >= 15 is 0 Å². The minimum atomic E-state index is -0.655. The second kappa shape index (κ2) is 9.60. The molecule has 0 bridgehead atoms. The third kappa shape index (κ3) is 4.45. The van der Waals surface area contributed by atoms with E-state index in [0.717, 1.165) is 41.5 Å². The van der Waals surface area contributed by atoms with Crippen LogP contribution in [0, 0.1) is 6.92 Å². The molecule has 1 fully saturated rings. The van der Waals surface area contributed by atoms with Crippen molar-refractivity contribution in [2.24, 2.45) is 0 Å². The fourth-order valence-electron chi connectivity index (χ4n) is 4.16. The van der Waals surface area contributed by atoms with Crippen molar-refractivity contribution >= 4 is 40.5 Å². The number of fused-ring (bicyclic) bond motifs is 1. The van der Waals surface area contributed by atoms with Crippen molar-refractivity contribution in [2.75, 3.05) is 67.0 Å². The molecule has 5 heterocycles. The first-order valence-electron chi connectivity index (χ1n) is 11.2. The maximum atomic E-state index is 11.5. The highest BCUT2D eigenvalue weighted by Crippen LogP contribution is 2.41. The minimum absolute atomic E-state index is 0.105. The fourth-order valence-corrected chi connectivity index (χ4v) is 4.98. The van der Waals surface area contributed by atoms with E-state index in [4.69, 9.17) is 19.9 Å². The first-order valence-corrected chi connectivity index (χ1v) is 12.2. The number of hydrogen-bond acceptors (Lipinski definition) is 12. The average Bonchev–Trinajstić information content (AvgIpc) is 3.46. The van der Waals surface area contributed by atoms with Crippen molar-refractivity contribution in [1.82, 2.24) is 25.4 Å². The number of hydrogen-bond donors (Lipinski definition) is 3. The Hall–Kier alpha value is -3.55. The normalized spacial score (nSPS) is 17.2. The first kappa shape index (κ1) is 23.2. The van der Waals surface area contributed by atoms with Crippen LogP contribution in [0.4, 0.5) is 23.3 Å². The summed E-state index contributed by atoms with van der Waals surface area (Å²) in [5.74, 6) is 2.24. The van der Waals surface area contributed by atoms with E-state index in [0.29, 0.717) is 31.5 Å². The van der Waals surface area contributed by atoms with Crippen LogP contribution in [0.2, 0.25) is 0 Å². The molecule has 5 rings (SSSR count). The molecule has 3 N–H and O–H groups in total. The average molecular weight is 498 g/mol. The number of carbonyl (C=O) groups excluding carboxylic acids is 1. The van der Waals surface area contributed by atoms with E-state index < -0.39 is 5.91 Å². The van der Waals surface area contributed by atoms with Crippen LogP contribution in [0.3, 0.4) is 0 Å². The largest absolute Gasteiger partial charge is 0.378 e. The number of morpholine rings is 1. The number of carbonyl (C=O) groups is 1. The fraction of sp³-hybridized carbons (Fsp3) is 0.409. The van der Waals surface area contributed by atoms with Gasteiger partial charge in [0.2, 0.25) is 5.95 Å². The predicted molar refractivity (Wildman–Crippen MR) is 133 cm³/mol. The number of aromatic nitrogens is 4. The summed E-state index contributed by atoms with van der Waals surface area (Å²) in [4.78, 5) is 36.3. The van der Waals surface area contributed by atoms with Crippen LogP contribution in [0.15, 0.2) is 23.2 Å². The molecule has 0 radical (unpaired) electrons. The zero-order chi connectivity index (χ0) is 24.5. The van der Waals surface area contributed by atoms with Crippen molar-refractivity contribution in [3.05, 3.63) is 34.3 Å². The number of aryl methyl sites for hydroxylation is 1. The zero-order valence-corrected chi connectivity index (χ0v) is 20.5. The van der Waals surface area contributed by atoms with Crippen LogP contribution >= 0.6 is 11.3 Å². The van der Waals surface area contributed by atoms with Gasteiger partial charge in [-0.15, -0.1) is 0 Å². The Morgan fingerprint density at radius 2 is 1.97 bits per heavy atom. The van der Waals surface area contributed by atoms with Crippen LogP contribution in [0.5, 0.6) is 0 Å². The molecule has 1 saturated heterocycles. The van der Waals surface area contributed by atoms with Gasteiger partial charge in [-0.25, -0.2) is 25.4 Å². The van der Waals surface area contributed by atoms with Crippen LogP contribution in [-0.2, 0) is 4.74 Å². The predicted octanol–water partition coefficient (Wildman–Crippen LogP) is 1.58. The van der Waals surface area contributed by atoms with Crippen molar-refractivity contribution in [1.29, 1.82) is 0 Å². The monoisotopic (exact) mass is 497 g/mol. The van der Waals surface area contributed by atoms with E-state index in [2.05, 4.69) is 42.8 Å². The number of hydroxylamine groups is 1. The van der Waals surface area contributed by atoms with E-state index in [1.54, 1.807) is 16.8 Å². The summed E-state index contributed by atoms with van der Waals surface area (Å²) in [7, 11) is 3.89. The highest BCUT2D eigenvalue weighted by atomic mass is 32.1. The molecule has 35 heavy (non-hydrogen) atoms. The number of anilines is 4. The molecular formula is C22H27N9O3S. The summed E-state index contributed by atoms with van der Waals surface area (Å²) in [6.45, 7) is 5.48. The molecule has 1 atom stereocenters. The number of thiophene rings is 1. The van der Waals surface area contributed by atoms with Gasteiger partial charge in [0.25, 0.3) is 5.91 Å². The minimum Gasteiger partial charge on any atom is -0.378 e. The van der Waals surface area contributed by atoms with E-state index in [1.165, 1.54) is 12.4 Å². The standard InChI is InChI=1S/C22H27N9O3S/c1-13-11-35-12-15(13)18-26-19-17(20(27-18)31-4-6-34-7-5-31)25-16(30(19)3)10-29(2)22-23-8-14(9-24-22)21(32)28-33/h8-9,11-12,16,25,33H,4-7,10H2,1-3H3,(H,28,32). The van der Waals surface area contributed by atoms with E-state index in [1.807, 2.05) is 19.0 Å². The summed E-state index contributed by atoms with van der Waals surface area (Å²) in [5.41, 5.74) is 4.86. The lowest BCUT2D eigenvalue weighted by Gasteiger charge is -2.29. The quantitative estimate of drug-likeness (QED) is 0.339. The van der Waals surface area contributed by atoms with Gasteiger partial charge in [0.1, 0.15) is 11.9 Å². The molecule has 2 aliphatic heterocycles. The van der Waals surface area contributed by atoms with Crippen LogP contribution < -0.4 is 25.5 Å². The molecular weight excluding hydrogens is 470 g/mol. The third-order valence-corrected chi connectivity index (χ3v) is 7.04. The van der Waals surface area contributed by atoms with Crippen LogP contribution in [0.25, 0.3) is 11.4 Å². The third-order valence-electron chi connectivity index (χ3n) is 6.18. The lowest BCUT2D eigenvalue weighted by Crippen LogP contribution is -2.43. The second-order valence-corrected chi connectivity index (χ2v) is 9.25. The van der Waals surface area contributed by atoms with Crippen molar-refractivity contribution < 1.29 is 14.7 Å². The van der Waals surface area contributed by atoms with Gasteiger partial charge >= 0.3 is 0 Å². The summed E-state index contributed by atoms with van der Waals surface area (Å²) in [5, 5.41) is 16.6. The second-order valence-electron chi connectivity index (χ2n) is 8.50. The lowest BCUT2D eigenvalue weighted by molar-refractivity contribution is 0.0705. The molecule has 184 valence electrons. The van der Waals surface area contributed by atoms with Gasteiger partial charge < -0.3 is 24.8 Å². The highest BCUT2D eigenvalue weighted by Gasteiger charge is 2.34. The number of amides is 1. The molecule has 2 aliphatic rings. The Bertz CT molecular complexity index is 1210. The van der Waals surface area contributed by atoms with Crippen LogP contribution in [0.1, 0.15) is 15.9 Å². The summed E-state index contributed by atoms with van der Waals surface area (Å²) < 4.78 is 5.56.